The first-order valence-corrected chi connectivity index (χ1v) is 10.2. The minimum absolute atomic E-state index is 0.00697. The van der Waals surface area contributed by atoms with Gasteiger partial charge in [0.15, 0.2) is 0 Å². The van der Waals surface area contributed by atoms with E-state index in [0.717, 1.165) is 10.0 Å². The summed E-state index contributed by atoms with van der Waals surface area (Å²) in [5.41, 5.74) is 5.88. The van der Waals surface area contributed by atoms with E-state index >= 15 is 0 Å². The van der Waals surface area contributed by atoms with Crippen molar-refractivity contribution in [2.45, 2.75) is 6.92 Å². The lowest BCUT2D eigenvalue weighted by molar-refractivity contribution is 0.0956. The molecule has 0 unspecified atom stereocenters. The Morgan fingerprint density at radius 3 is 2.58 bits per heavy atom. The second kappa shape index (κ2) is 8.57. The summed E-state index contributed by atoms with van der Waals surface area (Å²) in [6, 6.07) is 21.0. The minimum atomic E-state index is -0.408. The van der Waals surface area contributed by atoms with Crippen LogP contribution in [-0.4, -0.2) is 26.8 Å². The van der Waals surface area contributed by atoms with Crippen molar-refractivity contribution in [3.05, 3.63) is 88.4 Å². The quantitative estimate of drug-likeness (QED) is 0.214. The summed E-state index contributed by atoms with van der Waals surface area (Å²) < 4.78 is 0.914. The number of halogens is 1. The largest absolute Gasteiger partial charge is 0.508 e. The maximum Gasteiger partial charge on any atom is 0.272 e. The van der Waals surface area contributed by atoms with Crippen LogP contribution < -0.4 is 5.43 Å². The van der Waals surface area contributed by atoms with E-state index < -0.39 is 5.91 Å². The van der Waals surface area contributed by atoms with Gasteiger partial charge in [-0.25, -0.2) is 10.4 Å². The number of aromatic hydroxyl groups is 2. The molecule has 7 heteroatoms. The van der Waals surface area contributed by atoms with Crippen molar-refractivity contribution in [1.29, 1.82) is 0 Å². The molecule has 3 N–H and O–H groups in total. The monoisotopic (exact) mass is 475 g/mol. The predicted molar refractivity (Wildman–Crippen MR) is 124 cm³/mol. The van der Waals surface area contributed by atoms with Gasteiger partial charge in [-0.1, -0.05) is 46.3 Å². The molecule has 31 heavy (non-hydrogen) atoms. The molecule has 0 fully saturated rings. The van der Waals surface area contributed by atoms with Crippen molar-refractivity contribution in [2.75, 3.05) is 0 Å². The average Bonchev–Trinajstić information content (AvgIpc) is 2.78. The number of para-hydroxylation sites is 1. The van der Waals surface area contributed by atoms with Gasteiger partial charge in [0.2, 0.25) is 0 Å². The van der Waals surface area contributed by atoms with E-state index in [1.165, 1.54) is 18.2 Å². The van der Waals surface area contributed by atoms with Gasteiger partial charge in [0.1, 0.15) is 11.5 Å². The number of hydrogen-bond donors (Lipinski definition) is 3. The van der Waals surface area contributed by atoms with Gasteiger partial charge in [0.25, 0.3) is 5.91 Å². The van der Waals surface area contributed by atoms with Gasteiger partial charge in [-0.2, -0.15) is 5.10 Å². The van der Waals surface area contributed by atoms with Gasteiger partial charge in [-0.05, 0) is 49.4 Å². The van der Waals surface area contributed by atoms with Crippen molar-refractivity contribution >= 4 is 38.5 Å². The summed E-state index contributed by atoms with van der Waals surface area (Å²) in [5, 5.41) is 24.5. The number of aromatic nitrogens is 1. The number of hydrazone groups is 1. The Balaban J connectivity index is 1.72. The van der Waals surface area contributed by atoms with Gasteiger partial charge in [-0.15, -0.1) is 0 Å². The molecule has 0 atom stereocenters. The molecule has 3 aromatic carbocycles. The molecule has 0 aliphatic rings. The van der Waals surface area contributed by atoms with Crippen LogP contribution in [0.2, 0.25) is 0 Å². The van der Waals surface area contributed by atoms with E-state index in [9.17, 15) is 15.0 Å². The maximum atomic E-state index is 13.0. The third kappa shape index (κ3) is 4.41. The van der Waals surface area contributed by atoms with Crippen LogP contribution in [0.25, 0.3) is 22.2 Å². The molecule has 1 aromatic heterocycles. The molecular formula is C24H18BrN3O3. The highest BCUT2D eigenvalue weighted by molar-refractivity contribution is 9.10. The first kappa shape index (κ1) is 20.6. The molecule has 6 nitrogen and oxygen atoms in total. The number of carbonyl (C=O) groups is 1. The van der Waals surface area contributed by atoms with Gasteiger partial charge in [0, 0.05) is 21.0 Å². The molecule has 0 bridgehead atoms. The Hall–Kier alpha value is -3.71. The highest BCUT2D eigenvalue weighted by atomic mass is 79.9. The second-order valence-corrected chi connectivity index (χ2v) is 7.84. The van der Waals surface area contributed by atoms with Crippen LogP contribution >= 0.6 is 15.9 Å². The maximum absolute atomic E-state index is 13.0. The van der Waals surface area contributed by atoms with Gasteiger partial charge >= 0.3 is 0 Å². The Morgan fingerprint density at radius 1 is 0.968 bits per heavy atom. The minimum Gasteiger partial charge on any atom is -0.508 e. The topological polar surface area (TPSA) is 94.8 Å². The van der Waals surface area contributed by atoms with Crippen molar-refractivity contribution in [2.24, 2.45) is 5.10 Å². The third-order valence-electron chi connectivity index (χ3n) is 4.78. The van der Waals surface area contributed by atoms with Crippen LogP contribution in [0.5, 0.6) is 11.5 Å². The van der Waals surface area contributed by atoms with E-state index in [0.29, 0.717) is 33.4 Å². The molecule has 1 heterocycles. The zero-order valence-electron chi connectivity index (χ0n) is 16.5. The van der Waals surface area contributed by atoms with Crippen LogP contribution in [0.15, 0.2) is 82.4 Å². The number of phenolic OH excluding ortho intramolecular Hbond substituents is 2. The number of nitrogens with zero attached hydrogens (tertiary/aromatic N) is 2. The van der Waals surface area contributed by atoms with E-state index in [-0.39, 0.29) is 11.5 Å². The van der Waals surface area contributed by atoms with Crippen molar-refractivity contribution in [3.8, 4) is 22.8 Å². The Labute approximate surface area is 187 Å². The molecule has 4 rings (SSSR count). The third-order valence-corrected chi connectivity index (χ3v) is 5.27. The van der Waals surface area contributed by atoms with E-state index in [4.69, 9.17) is 4.98 Å². The van der Waals surface area contributed by atoms with Crippen LogP contribution in [0, 0.1) is 0 Å². The molecule has 0 saturated heterocycles. The fourth-order valence-electron chi connectivity index (χ4n) is 3.23. The molecule has 154 valence electrons. The number of phenols is 2. The lowest BCUT2D eigenvalue weighted by Crippen LogP contribution is -2.20. The smallest absolute Gasteiger partial charge is 0.272 e. The molecule has 0 aliphatic heterocycles. The molecular weight excluding hydrogens is 458 g/mol. The SMILES string of the molecule is C/C(=N\NC(=O)c1cc(-c2cccc(Br)c2)nc2ccccc12)c1cc(O)ccc1O. The lowest BCUT2D eigenvalue weighted by atomic mass is 10.0. The van der Waals surface area contributed by atoms with Crippen LogP contribution in [0.3, 0.4) is 0 Å². The van der Waals surface area contributed by atoms with Gasteiger partial charge in [-0.3, -0.25) is 4.79 Å². The van der Waals surface area contributed by atoms with Gasteiger partial charge in [0.05, 0.1) is 22.5 Å². The number of fused-ring (bicyclic) bond motifs is 1. The number of pyridine rings is 1. The Morgan fingerprint density at radius 2 is 1.77 bits per heavy atom. The number of nitrogens with one attached hydrogen (secondary N) is 1. The second-order valence-electron chi connectivity index (χ2n) is 6.92. The van der Waals surface area contributed by atoms with Crippen molar-refractivity contribution < 1.29 is 15.0 Å². The fourth-order valence-corrected chi connectivity index (χ4v) is 3.63. The van der Waals surface area contributed by atoms with Crippen molar-refractivity contribution in [1.82, 2.24) is 10.4 Å². The van der Waals surface area contributed by atoms with Crippen LogP contribution in [-0.2, 0) is 0 Å². The van der Waals surface area contributed by atoms with E-state index in [1.54, 1.807) is 13.0 Å². The fraction of sp³-hybridized carbons (Fsp3) is 0.0417. The Bertz CT molecular complexity index is 1330. The summed E-state index contributed by atoms with van der Waals surface area (Å²) in [4.78, 5) is 17.7. The summed E-state index contributed by atoms with van der Waals surface area (Å²) in [6.45, 7) is 1.63. The number of rotatable bonds is 4. The zero-order valence-corrected chi connectivity index (χ0v) is 18.1. The molecule has 1 amide bonds. The highest BCUT2D eigenvalue weighted by Crippen LogP contribution is 2.27. The number of benzene rings is 3. The number of amides is 1. The van der Waals surface area contributed by atoms with E-state index in [1.807, 2.05) is 48.5 Å². The highest BCUT2D eigenvalue weighted by Gasteiger charge is 2.14. The van der Waals surface area contributed by atoms with Gasteiger partial charge < -0.3 is 10.2 Å². The number of hydrogen-bond acceptors (Lipinski definition) is 5. The van der Waals surface area contributed by atoms with E-state index in [2.05, 4.69) is 26.5 Å². The summed E-state index contributed by atoms with van der Waals surface area (Å²) >= 11 is 3.47. The van der Waals surface area contributed by atoms with Crippen LogP contribution in [0.4, 0.5) is 0 Å². The van der Waals surface area contributed by atoms with Crippen LogP contribution in [0.1, 0.15) is 22.8 Å². The average molecular weight is 476 g/mol. The first-order chi connectivity index (χ1) is 14.9. The number of carbonyl (C=O) groups excluding carboxylic acids is 1. The molecule has 0 aliphatic carbocycles. The normalized spacial score (nSPS) is 11.5. The molecule has 4 aromatic rings. The zero-order chi connectivity index (χ0) is 22.0. The summed E-state index contributed by atoms with van der Waals surface area (Å²) in [5.74, 6) is -0.457. The lowest BCUT2D eigenvalue weighted by Gasteiger charge is -2.10. The Kier molecular flexibility index (Phi) is 5.68. The van der Waals surface area contributed by atoms with Crippen molar-refractivity contribution in [3.63, 3.8) is 0 Å². The first-order valence-electron chi connectivity index (χ1n) is 9.45. The summed E-state index contributed by atoms with van der Waals surface area (Å²) in [7, 11) is 0. The standard InChI is InChI=1S/C24H18BrN3O3/c1-14(19-12-17(29)9-10-23(19)30)27-28-24(31)20-13-22(15-5-4-6-16(25)11-15)26-21-8-3-2-7-18(20)21/h2-13,29-30H,1H3,(H,28,31)/b27-14+. The molecule has 0 radical (unpaired) electrons. The summed E-state index contributed by atoms with van der Waals surface area (Å²) in [6.07, 6.45) is 0. The molecule has 0 saturated carbocycles. The predicted octanol–water partition coefficient (Wildman–Crippen LogP) is 5.23. The molecule has 0 spiro atoms.